The van der Waals surface area contributed by atoms with Crippen LogP contribution in [0.25, 0.3) is 0 Å². The van der Waals surface area contributed by atoms with Crippen molar-refractivity contribution in [2.45, 2.75) is 90.1 Å². The number of nitrogens with one attached hydrogen (secondary N) is 1. The van der Waals surface area contributed by atoms with Gasteiger partial charge in [-0.05, 0) is 43.4 Å². The van der Waals surface area contributed by atoms with Gasteiger partial charge in [-0.15, -0.1) is 0 Å². The molecule has 0 spiro atoms. The molecule has 2 fully saturated rings. The summed E-state index contributed by atoms with van der Waals surface area (Å²) in [7, 11) is 0. The lowest BCUT2D eigenvalue weighted by Gasteiger charge is -2.49. The maximum absolute atomic E-state index is 10.0. The summed E-state index contributed by atoms with van der Waals surface area (Å²) in [6, 6.07) is 0.635. The third-order valence-electron chi connectivity index (χ3n) is 5.13. The highest BCUT2D eigenvalue weighted by Gasteiger charge is 2.43. The Labute approximate surface area is 119 Å². The van der Waals surface area contributed by atoms with E-state index < -0.39 is 0 Å². The van der Waals surface area contributed by atoms with Crippen molar-refractivity contribution < 1.29 is 5.11 Å². The normalized spacial score (nSPS) is 36.9. The summed E-state index contributed by atoms with van der Waals surface area (Å²) in [4.78, 5) is 0. The van der Waals surface area contributed by atoms with Crippen molar-refractivity contribution in [3.05, 3.63) is 0 Å². The standard InChI is InChI=1S/C17H33NO/c1-14-10-16(2,3)12-17(11-14,13-19)18-15-8-6-4-5-7-9-15/h14-15,18-19H,4-13H2,1-3H3. The Bertz CT molecular complexity index is 281. The molecule has 0 aromatic heterocycles. The summed E-state index contributed by atoms with van der Waals surface area (Å²) in [5, 5.41) is 13.9. The van der Waals surface area contributed by atoms with E-state index in [0.717, 1.165) is 12.8 Å². The molecule has 19 heavy (non-hydrogen) atoms. The minimum absolute atomic E-state index is 0.0177. The van der Waals surface area contributed by atoms with Crippen LogP contribution in [0.4, 0.5) is 0 Å². The molecule has 0 aliphatic heterocycles. The number of aliphatic hydroxyl groups excluding tert-OH is 1. The molecule has 0 radical (unpaired) electrons. The van der Waals surface area contributed by atoms with Crippen LogP contribution in [0.2, 0.25) is 0 Å². The molecule has 0 amide bonds. The minimum Gasteiger partial charge on any atom is -0.394 e. The van der Waals surface area contributed by atoms with E-state index in [-0.39, 0.29) is 5.54 Å². The fraction of sp³-hybridized carbons (Fsp3) is 1.00. The smallest absolute Gasteiger partial charge is 0.0613 e. The Kier molecular flexibility index (Phi) is 4.94. The summed E-state index contributed by atoms with van der Waals surface area (Å²) < 4.78 is 0. The van der Waals surface area contributed by atoms with E-state index >= 15 is 0 Å². The Morgan fingerprint density at radius 2 is 1.68 bits per heavy atom. The highest BCUT2D eigenvalue weighted by Crippen LogP contribution is 2.44. The van der Waals surface area contributed by atoms with Crippen LogP contribution in [0.1, 0.15) is 78.6 Å². The molecule has 0 saturated heterocycles. The second-order valence-corrected chi connectivity index (χ2v) is 8.13. The number of aliphatic hydroxyl groups is 1. The maximum atomic E-state index is 10.0. The van der Waals surface area contributed by atoms with Crippen LogP contribution in [0, 0.1) is 11.3 Å². The Hall–Kier alpha value is -0.0800. The Morgan fingerprint density at radius 3 is 2.21 bits per heavy atom. The van der Waals surface area contributed by atoms with E-state index in [4.69, 9.17) is 0 Å². The molecule has 0 aromatic carbocycles. The van der Waals surface area contributed by atoms with E-state index in [0.29, 0.717) is 24.0 Å². The zero-order chi connectivity index (χ0) is 13.9. The van der Waals surface area contributed by atoms with Gasteiger partial charge in [-0.25, -0.2) is 0 Å². The molecule has 0 heterocycles. The lowest BCUT2D eigenvalue weighted by atomic mass is 9.64. The molecule has 2 rings (SSSR count). The molecule has 2 N–H and O–H groups in total. The van der Waals surface area contributed by atoms with Crippen LogP contribution in [-0.4, -0.2) is 23.3 Å². The first-order valence-corrected chi connectivity index (χ1v) is 8.33. The van der Waals surface area contributed by atoms with E-state index in [9.17, 15) is 5.11 Å². The molecule has 2 saturated carbocycles. The van der Waals surface area contributed by atoms with E-state index in [1.54, 1.807) is 0 Å². The molecular weight excluding hydrogens is 234 g/mol. The molecule has 0 bridgehead atoms. The van der Waals surface area contributed by atoms with Gasteiger partial charge >= 0.3 is 0 Å². The average molecular weight is 267 g/mol. The quantitative estimate of drug-likeness (QED) is 0.761. The highest BCUT2D eigenvalue weighted by molar-refractivity contribution is 5.00. The van der Waals surface area contributed by atoms with Crippen LogP contribution in [0.15, 0.2) is 0 Å². The fourth-order valence-electron chi connectivity index (χ4n) is 4.88. The molecule has 2 aliphatic rings. The largest absolute Gasteiger partial charge is 0.394 e. The van der Waals surface area contributed by atoms with Gasteiger partial charge < -0.3 is 10.4 Å². The Balaban J connectivity index is 2.04. The van der Waals surface area contributed by atoms with Gasteiger partial charge in [-0.3, -0.25) is 0 Å². The van der Waals surface area contributed by atoms with Gasteiger partial charge in [-0.2, -0.15) is 0 Å². The van der Waals surface area contributed by atoms with Crippen molar-refractivity contribution in [3.63, 3.8) is 0 Å². The van der Waals surface area contributed by atoms with Crippen molar-refractivity contribution in [2.24, 2.45) is 11.3 Å². The first-order valence-electron chi connectivity index (χ1n) is 8.33. The number of hydrogen-bond donors (Lipinski definition) is 2. The highest BCUT2D eigenvalue weighted by atomic mass is 16.3. The molecule has 2 unspecified atom stereocenters. The van der Waals surface area contributed by atoms with Gasteiger partial charge in [0.2, 0.25) is 0 Å². The van der Waals surface area contributed by atoms with Gasteiger partial charge in [0.1, 0.15) is 0 Å². The van der Waals surface area contributed by atoms with E-state index in [2.05, 4.69) is 26.1 Å². The van der Waals surface area contributed by atoms with Gasteiger partial charge in [0.15, 0.2) is 0 Å². The second kappa shape index (κ2) is 6.13. The van der Waals surface area contributed by atoms with Crippen molar-refractivity contribution in [1.29, 1.82) is 0 Å². The van der Waals surface area contributed by atoms with Crippen LogP contribution >= 0.6 is 0 Å². The fourth-order valence-corrected chi connectivity index (χ4v) is 4.88. The van der Waals surface area contributed by atoms with Crippen LogP contribution in [-0.2, 0) is 0 Å². The first kappa shape index (κ1) is 15.3. The Morgan fingerprint density at radius 1 is 1.05 bits per heavy atom. The zero-order valence-electron chi connectivity index (χ0n) is 13.2. The number of rotatable bonds is 3. The zero-order valence-corrected chi connectivity index (χ0v) is 13.2. The van der Waals surface area contributed by atoms with Gasteiger partial charge in [0, 0.05) is 11.6 Å². The van der Waals surface area contributed by atoms with E-state index in [1.165, 1.54) is 44.9 Å². The predicted molar refractivity (Wildman–Crippen MR) is 81.2 cm³/mol. The van der Waals surface area contributed by atoms with Crippen LogP contribution < -0.4 is 5.32 Å². The minimum atomic E-state index is -0.0177. The average Bonchev–Trinajstić information content (AvgIpc) is 2.54. The SMILES string of the molecule is CC1CC(C)(C)CC(CO)(NC2CCCCCC2)C1. The third kappa shape index (κ3) is 4.19. The van der Waals surface area contributed by atoms with Gasteiger partial charge in [0.05, 0.1) is 6.61 Å². The summed E-state index contributed by atoms with van der Waals surface area (Å²) >= 11 is 0. The molecule has 0 aromatic rings. The monoisotopic (exact) mass is 267 g/mol. The van der Waals surface area contributed by atoms with Crippen LogP contribution in [0.3, 0.4) is 0 Å². The second-order valence-electron chi connectivity index (χ2n) is 8.13. The van der Waals surface area contributed by atoms with Crippen molar-refractivity contribution in [2.75, 3.05) is 6.61 Å². The van der Waals surface area contributed by atoms with E-state index in [1.807, 2.05) is 0 Å². The summed E-state index contributed by atoms with van der Waals surface area (Å²) in [6.45, 7) is 7.38. The molecule has 2 nitrogen and oxygen atoms in total. The lowest BCUT2D eigenvalue weighted by molar-refractivity contribution is 0.0271. The summed E-state index contributed by atoms with van der Waals surface area (Å²) in [6.07, 6.45) is 11.7. The van der Waals surface area contributed by atoms with Gasteiger partial charge in [0.25, 0.3) is 0 Å². The predicted octanol–water partition coefficient (Wildman–Crippen LogP) is 3.88. The first-order chi connectivity index (χ1) is 8.95. The number of hydrogen-bond acceptors (Lipinski definition) is 2. The molecule has 112 valence electrons. The molecule has 2 atom stereocenters. The van der Waals surface area contributed by atoms with Crippen molar-refractivity contribution in [1.82, 2.24) is 5.32 Å². The van der Waals surface area contributed by atoms with Crippen LogP contribution in [0.5, 0.6) is 0 Å². The lowest BCUT2D eigenvalue weighted by Crippen LogP contribution is -2.58. The topological polar surface area (TPSA) is 32.3 Å². The molecular formula is C17H33NO. The summed E-state index contributed by atoms with van der Waals surface area (Å²) in [5.74, 6) is 0.717. The third-order valence-corrected chi connectivity index (χ3v) is 5.13. The molecule has 2 aliphatic carbocycles. The molecule has 2 heteroatoms. The van der Waals surface area contributed by atoms with Crippen molar-refractivity contribution >= 4 is 0 Å². The maximum Gasteiger partial charge on any atom is 0.0613 e. The van der Waals surface area contributed by atoms with Gasteiger partial charge in [-0.1, -0.05) is 46.5 Å². The summed E-state index contributed by atoms with van der Waals surface area (Å²) in [5.41, 5.74) is 0.342. The van der Waals surface area contributed by atoms with Crippen molar-refractivity contribution in [3.8, 4) is 0 Å².